The fraction of sp³-hybridized carbons (Fsp3) is 1.00. The molecule has 92 valence electrons. The molecule has 0 spiro atoms. The highest BCUT2D eigenvalue weighted by atomic mass is 16.6. The van der Waals surface area contributed by atoms with E-state index in [1.54, 1.807) is 6.92 Å². The van der Waals surface area contributed by atoms with Crippen molar-refractivity contribution in [2.75, 3.05) is 26.2 Å². The van der Waals surface area contributed by atoms with E-state index in [1.165, 1.54) is 25.7 Å². The standard InChI is InChI=1S/C12H27NO2/c1-4-6-8-13(9-7-5-2)10-11-15-12(3)14/h12,14H,4-11H2,1-3H3. The van der Waals surface area contributed by atoms with Gasteiger partial charge < -0.3 is 14.7 Å². The lowest BCUT2D eigenvalue weighted by atomic mass is 10.2. The minimum atomic E-state index is -0.635. The number of rotatable bonds is 10. The van der Waals surface area contributed by atoms with Crippen molar-refractivity contribution in [1.29, 1.82) is 0 Å². The Bertz CT molecular complexity index is 121. The molecule has 0 saturated heterocycles. The number of aliphatic hydroxyl groups excluding tert-OH is 1. The topological polar surface area (TPSA) is 32.7 Å². The first-order chi connectivity index (χ1) is 7.20. The van der Waals surface area contributed by atoms with Crippen molar-refractivity contribution in [2.45, 2.75) is 52.7 Å². The molecule has 0 rings (SSSR count). The zero-order valence-electron chi connectivity index (χ0n) is 10.5. The third-order valence-electron chi connectivity index (χ3n) is 2.42. The molecule has 0 fully saturated rings. The lowest BCUT2D eigenvalue weighted by Gasteiger charge is -2.22. The van der Waals surface area contributed by atoms with Crippen molar-refractivity contribution >= 4 is 0 Å². The van der Waals surface area contributed by atoms with E-state index in [1.807, 2.05) is 0 Å². The van der Waals surface area contributed by atoms with Gasteiger partial charge in [0.2, 0.25) is 0 Å². The van der Waals surface area contributed by atoms with Crippen LogP contribution in [0.3, 0.4) is 0 Å². The van der Waals surface area contributed by atoms with Crippen LogP contribution in [0.1, 0.15) is 46.5 Å². The van der Waals surface area contributed by atoms with Gasteiger partial charge >= 0.3 is 0 Å². The van der Waals surface area contributed by atoms with E-state index in [0.717, 1.165) is 19.6 Å². The van der Waals surface area contributed by atoms with Crippen LogP contribution in [-0.2, 0) is 4.74 Å². The predicted octanol–water partition coefficient (Wildman–Crippen LogP) is 2.24. The summed E-state index contributed by atoms with van der Waals surface area (Å²) in [6, 6.07) is 0. The van der Waals surface area contributed by atoms with Gasteiger partial charge in [-0.3, -0.25) is 0 Å². The van der Waals surface area contributed by atoms with Crippen LogP contribution in [0.4, 0.5) is 0 Å². The van der Waals surface area contributed by atoms with Crippen LogP contribution in [0.5, 0.6) is 0 Å². The summed E-state index contributed by atoms with van der Waals surface area (Å²) in [5.41, 5.74) is 0. The van der Waals surface area contributed by atoms with Gasteiger partial charge in [0.1, 0.15) is 0 Å². The highest BCUT2D eigenvalue weighted by Gasteiger charge is 2.04. The molecule has 0 amide bonds. The Kier molecular flexibility index (Phi) is 10.3. The molecule has 0 saturated carbocycles. The number of nitrogens with zero attached hydrogens (tertiary/aromatic N) is 1. The molecule has 0 aliphatic heterocycles. The minimum Gasteiger partial charge on any atom is -0.368 e. The normalized spacial score (nSPS) is 13.4. The zero-order valence-corrected chi connectivity index (χ0v) is 10.5. The zero-order chi connectivity index (χ0) is 11.5. The van der Waals surface area contributed by atoms with Crippen LogP contribution in [0.2, 0.25) is 0 Å². The average Bonchev–Trinajstić information content (AvgIpc) is 2.20. The average molecular weight is 217 g/mol. The second-order valence-electron chi connectivity index (χ2n) is 4.02. The lowest BCUT2D eigenvalue weighted by Crippen LogP contribution is -2.30. The van der Waals surface area contributed by atoms with Crippen LogP contribution in [0, 0.1) is 0 Å². The molecule has 0 heterocycles. The van der Waals surface area contributed by atoms with Gasteiger partial charge in [-0.1, -0.05) is 26.7 Å². The highest BCUT2D eigenvalue weighted by molar-refractivity contribution is 4.57. The van der Waals surface area contributed by atoms with Crippen molar-refractivity contribution in [3.63, 3.8) is 0 Å². The van der Waals surface area contributed by atoms with E-state index < -0.39 is 6.29 Å². The summed E-state index contributed by atoms with van der Waals surface area (Å²) in [5.74, 6) is 0. The number of hydrogen-bond acceptors (Lipinski definition) is 3. The molecule has 0 aliphatic carbocycles. The summed E-state index contributed by atoms with van der Waals surface area (Å²) in [6.45, 7) is 9.95. The molecule has 0 radical (unpaired) electrons. The number of ether oxygens (including phenoxy) is 1. The Labute approximate surface area is 94.4 Å². The first kappa shape index (κ1) is 14.9. The van der Waals surface area contributed by atoms with Crippen molar-refractivity contribution in [3.8, 4) is 0 Å². The molecule has 1 unspecified atom stereocenters. The fourth-order valence-electron chi connectivity index (χ4n) is 1.45. The van der Waals surface area contributed by atoms with Crippen LogP contribution >= 0.6 is 0 Å². The Morgan fingerprint density at radius 3 is 2.00 bits per heavy atom. The minimum absolute atomic E-state index is 0.630. The Morgan fingerprint density at radius 1 is 1.07 bits per heavy atom. The van der Waals surface area contributed by atoms with Crippen LogP contribution < -0.4 is 0 Å². The molecule has 15 heavy (non-hydrogen) atoms. The maximum absolute atomic E-state index is 8.98. The van der Waals surface area contributed by atoms with Crippen molar-refractivity contribution in [3.05, 3.63) is 0 Å². The molecule has 0 aromatic heterocycles. The molecule has 1 atom stereocenters. The summed E-state index contributed by atoms with van der Waals surface area (Å²) in [6.07, 6.45) is 4.33. The SMILES string of the molecule is CCCCN(CCCC)CCOC(C)O. The third-order valence-corrected chi connectivity index (χ3v) is 2.42. The van der Waals surface area contributed by atoms with E-state index in [-0.39, 0.29) is 0 Å². The fourth-order valence-corrected chi connectivity index (χ4v) is 1.45. The molecular weight excluding hydrogens is 190 g/mol. The Balaban J connectivity index is 3.58. The molecule has 3 heteroatoms. The molecule has 3 nitrogen and oxygen atoms in total. The summed E-state index contributed by atoms with van der Waals surface area (Å²) < 4.78 is 5.15. The monoisotopic (exact) mass is 217 g/mol. The summed E-state index contributed by atoms with van der Waals surface area (Å²) in [7, 11) is 0. The van der Waals surface area contributed by atoms with E-state index in [0.29, 0.717) is 6.61 Å². The first-order valence-electron chi connectivity index (χ1n) is 6.22. The number of aliphatic hydroxyl groups is 1. The summed E-state index contributed by atoms with van der Waals surface area (Å²) in [4.78, 5) is 2.43. The van der Waals surface area contributed by atoms with Gasteiger partial charge in [-0.25, -0.2) is 0 Å². The van der Waals surface area contributed by atoms with Crippen LogP contribution in [0.15, 0.2) is 0 Å². The van der Waals surface area contributed by atoms with Crippen molar-refractivity contribution < 1.29 is 9.84 Å². The van der Waals surface area contributed by atoms with Gasteiger partial charge in [0, 0.05) is 6.54 Å². The summed E-state index contributed by atoms with van der Waals surface area (Å²) >= 11 is 0. The van der Waals surface area contributed by atoms with E-state index in [4.69, 9.17) is 9.84 Å². The second-order valence-corrected chi connectivity index (χ2v) is 4.02. The predicted molar refractivity (Wildman–Crippen MR) is 63.9 cm³/mol. The molecule has 0 aliphatic rings. The molecule has 0 aromatic rings. The van der Waals surface area contributed by atoms with Gasteiger partial charge in [-0.2, -0.15) is 0 Å². The third kappa shape index (κ3) is 10.2. The molecule has 0 bridgehead atoms. The molecule has 1 N–H and O–H groups in total. The van der Waals surface area contributed by atoms with Crippen LogP contribution in [-0.4, -0.2) is 42.5 Å². The number of unbranched alkanes of at least 4 members (excludes halogenated alkanes) is 2. The first-order valence-corrected chi connectivity index (χ1v) is 6.22. The van der Waals surface area contributed by atoms with Crippen LogP contribution in [0.25, 0.3) is 0 Å². The molecule has 0 aromatic carbocycles. The number of hydrogen-bond donors (Lipinski definition) is 1. The molecular formula is C12H27NO2. The Morgan fingerprint density at radius 2 is 1.60 bits per heavy atom. The Hall–Kier alpha value is -0.120. The maximum Gasteiger partial charge on any atom is 0.151 e. The van der Waals surface area contributed by atoms with Gasteiger partial charge in [-0.15, -0.1) is 0 Å². The van der Waals surface area contributed by atoms with Gasteiger partial charge in [0.15, 0.2) is 6.29 Å². The van der Waals surface area contributed by atoms with Crippen molar-refractivity contribution in [2.24, 2.45) is 0 Å². The second kappa shape index (κ2) is 10.4. The lowest BCUT2D eigenvalue weighted by molar-refractivity contribution is -0.0893. The van der Waals surface area contributed by atoms with E-state index in [9.17, 15) is 0 Å². The van der Waals surface area contributed by atoms with Gasteiger partial charge in [0.05, 0.1) is 6.61 Å². The van der Waals surface area contributed by atoms with Gasteiger partial charge in [0.25, 0.3) is 0 Å². The maximum atomic E-state index is 8.98. The smallest absolute Gasteiger partial charge is 0.151 e. The largest absolute Gasteiger partial charge is 0.368 e. The van der Waals surface area contributed by atoms with E-state index in [2.05, 4.69) is 18.7 Å². The van der Waals surface area contributed by atoms with Crippen molar-refractivity contribution in [1.82, 2.24) is 4.90 Å². The highest BCUT2D eigenvalue weighted by Crippen LogP contribution is 1.99. The quantitative estimate of drug-likeness (QED) is 0.570. The summed E-state index contributed by atoms with van der Waals surface area (Å²) in [5, 5.41) is 8.98. The van der Waals surface area contributed by atoms with E-state index >= 15 is 0 Å². The van der Waals surface area contributed by atoms with Gasteiger partial charge in [-0.05, 0) is 32.9 Å².